The van der Waals surface area contributed by atoms with E-state index in [4.69, 9.17) is 15.2 Å². The van der Waals surface area contributed by atoms with Gasteiger partial charge in [0.05, 0.1) is 12.5 Å². The van der Waals surface area contributed by atoms with Gasteiger partial charge in [0, 0.05) is 80.7 Å². The first-order valence-corrected chi connectivity index (χ1v) is 15.5. The Hall–Kier alpha value is -4.95. The number of piperidine rings is 1. The monoisotopic (exact) mass is 621 g/mol. The van der Waals surface area contributed by atoms with Crippen LogP contribution in [0.2, 0.25) is 0 Å². The van der Waals surface area contributed by atoms with Crippen molar-refractivity contribution in [2.24, 2.45) is 24.8 Å². The van der Waals surface area contributed by atoms with E-state index in [1.54, 1.807) is 19.3 Å². The molecule has 236 valence electrons. The third-order valence-electron chi connectivity index (χ3n) is 9.23. The van der Waals surface area contributed by atoms with Crippen LogP contribution in [0.4, 0.5) is 10.2 Å². The van der Waals surface area contributed by atoms with Gasteiger partial charge in [-0.25, -0.2) is 19.3 Å². The second kappa shape index (κ2) is 12.1. The van der Waals surface area contributed by atoms with Gasteiger partial charge in [0.25, 0.3) is 0 Å². The number of amides is 1. The fourth-order valence-electron chi connectivity index (χ4n) is 6.75. The van der Waals surface area contributed by atoms with Gasteiger partial charge in [-0.1, -0.05) is 18.1 Å². The number of ether oxygens (including phenoxy) is 2. The van der Waals surface area contributed by atoms with Crippen LogP contribution in [0.1, 0.15) is 17.8 Å². The van der Waals surface area contributed by atoms with Crippen molar-refractivity contribution in [1.82, 2.24) is 29.3 Å². The summed E-state index contributed by atoms with van der Waals surface area (Å²) in [5.74, 6) is 9.89. The Balaban J connectivity index is 1.12. The summed E-state index contributed by atoms with van der Waals surface area (Å²) in [5, 5.41) is 0.706. The van der Waals surface area contributed by atoms with Crippen molar-refractivity contribution in [3.05, 3.63) is 66.3 Å². The number of halogens is 1. The molecule has 3 aromatic heterocycles. The number of hydrogen-bond acceptors (Lipinski definition) is 8. The van der Waals surface area contributed by atoms with Crippen molar-refractivity contribution >= 4 is 22.8 Å². The highest BCUT2D eigenvalue weighted by atomic mass is 19.1. The molecule has 3 fully saturated rings. The fourth-order valence-corrected chi connectivity index (χ4v) is 6.75. The molecule has 4 aromatic rings. The summed E-state index contributed by atoms with van der Waals surface area (Å²) in [5.41, 5.74) is 10.3. The zero-order valence-electron chi connectivity index (χ0n) is 26.1. The zero-order valence-corrected chi connectivity index (χ0v) is 26.1. The number of methoxy groups -OCH3 is 1. The number of nitrogens with zero attached hydrogens (tertiary/aromatic N) is 6. The number of carbonyl (C=O) groups is 1. The Morgan fingerprint density at radius 1 is 1.17 bits per heavy atom. The Kier molecular flexibility index (Phi) is 7.82. The van der Waals surface area contributed by atoms with Crippen LogP contribution in [-0.4, -0.2) is 81.2 Å². The second-order valence-corrected chi connectivity index (χ2v) is 12.2. The first-order valence-electron chi connectivity index (χ1n) is 15.5. The minimum Gasteiger partial charge on any atom is -0.496 e. The van der Waals surface area contributed by atoms with Gasteiger partial charge in [0.1, 0.15) is 41.2 Å². The van der Waals surface area contributed by atoms with Crippen LogP contribution in [0.5, 0.6) is 17.4 Å². The molecule has 1 aliphatic carbocycles. The van der Waals surface area contributed by atoms with E-state index < -0.39 is 6.17 Å². The molecule has 3 aliphatic rings. The molecule has 7 rings (SSSR count). The number of rotatable bonds is 7. The SMILES string of the molecule is COc1cc(Oc2cccc(C)n2)ccc1-c1c(C#C[C@@H]2[C@H]3CN(C(=O)/C=C/CN4CCC(F)C4)C[C@@H]23)n(C)c2ncnc(N)c12. The highest BCUT2D eigenvalue weighted by Crippen LogP contribution is 2.51. The third kappa shape index (κ3) is 5.65. The van der Waals surface area contributed by atoms with Gasteiger partial charge < -0.3 is 24.7 Å². The van der Waals surface area contributed by atoms with E-state index in [9.17, 15) is 9.18 Å². The molecule has 10 nitrogen and oxygen atoms in total. The number of fused-ring (bicyclic) bond motifs is 2. The summed E-state index contributed by atoms with van der Waals surface area (Å²) in [6, 6.07) is 11.2. The van der Waals surface area contributed by atoms with E-state index in [-0.39, 0.29) is 11.8 Å². The van der Waals surface area contributed by atoms with Crippen LogP contribution in [0.25, 0.3) is 22.2 Å². The number of likely N-dealkylation sites (tertiary alicyclic amines) is 2. The maximum absolute atomic E-state index is 13.4. The van der Waals surface area contributed by atoms with Crippen molar-refractivity contribution in [1.29, 1.82) is 0 Å². The zero-order chi connectivity index (χ0) is 31.9. The molecular formula is C35H36FN7O3. The average molecular weight is 622 g/mol. The predicted octanol–water partition coefficient (Wildman–Crippen LogP) is 4.38. The van der Waals surface area contributed by atoms with Crippen LogP contribution in [0.15, 0.2) is 54.9 Å². The number of benzene rings is 1. The number of alkyl halides is 1. The minimum atomic E-state index is -0.757. The Labute approximate surface area is 267 Å². The first kappa shape index (κ1) is 29.7. The number of hydrogen-bond donors (Lipinski definition) is 1. The standard InChI is InChI=1S/C35H36FN7O3/c1-21-6-4-7-30(40-21)46-23-9-10-25(29(16-23)45-3)32-28(41(2)35-33(32)34(37)38-20-39-35)12-11-24-26-18-43(19-27(24)26)31(44)8-5-14-42-15-13-22(36)17-42/h4-10,16,20,22,24,26-27H,13-15,17-19H2,1-3H3,(H2,37,38,39)/b8-5+/t22?,24-,26-,27+. The number of carbonyl (C=O) groups excluding carboxylic acids is 1. The fraction of sp³-hybridized carbons (Fsp3) is 0.371. The maximum atomic E-state index is 13.4. The van der Waals surface area contributed by atoms with E-state index in [1.165, 1.54) is 6.33 Å². The van der Waals surface area contributed by atoms with E-state index in [0.29, 0.717) is 78.7 Å². The van der Waals surface area contributed by atoms with Crippen LogP contribution >= 0.6 is 0 Å². The Morgan fingerprint density at radius 2 is 2.00 bits per heavy atom. The molecule has 1 aromatic carbocycles. The number of aryl methyl sites for hydroxylation is 2. The molecule has 4 atom stereocenters. The molecule has 0 radical (unpaired) electrons. The van der Waals surface area contributed by atoms with Crippen molar-refractivity contribution in [2.75, 3.05) is 45.6 Å². The normalized spacial score (nSPS) is 22.2. The van der Waals surface area contributed by atoms with E-state index in [1.807, 2.05) is 64.7 Å². The van der Waals surface area contributed by atoms with E-state index in [2.05, 4.69) is 26.8 Å². The number of nitrogens with two attached hydrogens (primary N) is 1. The molecule has 46 heavy (non-hydrogen) atoms. The van der Waals surface area contributed by atoms with Gasteiger partial charge in [-0.3, -0.25) is 9.69 Å². The summed E-state index contributed by atoms with van der Waals surface area (Å²) in [6.07, 6.45) is 4.75. The second-order valence-electron chi connectivity index (χ2n) is 12.2. The molecular weight excluding hydrogens is 585 g/mol. The van der Waals surface area contributed by atoms with E-state index >= 15 is 0 Å². The molecule has 2 saturated heterocycles. The molecule has 0 bridgehead atoms. The first-order chi connectivity index (χ1) is 22.3. The predicted molar refractivity (Wildman–Crippen MR) is 173 cm³/mol. The van der Waals surface area contributed by atoms with Gasteiger partial charge in [-0.15, -0.1) is 0 Å². The number of pyridine rings is 1. The van der Waals surface area contributed by atoms with Gasteiger partial charge in [0.15, 0.2) is 0 Å². The molecule has 1 saturated carbocycles. The summed E-state index contributed by atoms with van der Waals surface area (Å²) >= 11 is 0. The molecule has 2 N–H and O–H groups in total. The number of aromatic nitrogens is 4. The summed E-state index contributed by atoms with van der Waals surface area (Å²) in [6.45, 7) is 5.08. The summed E-state index contributed by atoms with van der Waals surface area (Å²) in [7, 11) is 3.54. The summed E-state index contributed by atoms with van der Waals surface area (Å²) in [4.78, 5) is 29.9. The molecule has 5 heterocycles. The topological polar surface area (TPSA) is 112 Å². The smallest absolute Gasteiger partial charge is 0.246 e. The van der Waals surface area contributed by atoms with Crippen LogP contribution in [-0.2, 0) is 11.8 Å². The van der Waals surface area contributed by atoms with E-state index in [0.717, 1.165) is 29.1 Å². The molecule has 2 aliphatic heterocycles. The Morgan fingerprint density at radius 3 is 2.74 bits per heavy atom. The molecule has 11 heteroatoms. The minimum absolute atomic E-state index is 0.0117. The quantitative estimate of drug-likeness (QED) is 0.239. The number of nitrogen functional groups attached to an aromatic ring is 1. The average Bonchev–Trinajstić information content (AvgIpc) is 3.37. The largest absolute Gasteiger partial charge is 0.496 e. The lowest BCUT2D eigenvalue weighted by Crippen LogP contribution is -2.30. The molecule has 0 spiro atoms. The maximum Gasteiger partial charge on any atom is 0.246 e. The lowest BCUT2D eigenvalue weighted by molar-refractivity contribution is -0.125. The van der Waals surface area contributed by atoms with Crippen molar-refractivity contribution in [3.63, 3.8) is 0 Å². The van der Waals surface area contributed by atoms with Crippen LogP contribution < -0.4 is 15.2 Å². The van der Waals surface area contributed by atoms with Crippen molar-refractivity contribution in [2.45, 2.75) is 19.5 Å². The van der Waals surface area contributed by atoms with Gasteiger partial charge in [-0.2, -0.15) is 0 Å². The van der Waals surface area contributed by atoms with Crippen LogP contribution in [0.3, 0.4) is 0 Å². The summed E-state index contributed by atoms with van der Waals surface area (Å²) < 4.78 is 27.2. The van der Waals surface area contributed by atoms with Crippen molar-refractivity contribution in [3.8, 4) is 40.3 Å². The lowest BCUT2D eigenvalue weighted by atomic mass is 10.0. The molecule has 1 unspecified atom stereocenters. The van der Waals surface area contributed by atoms with Crippen LogP contribution in [0, 0.1) is 36.5 Å². The lowest BCUT2D eigenvalue weighted by Gasteiger charge is -2.17. The number of anilines is 1. The third-order valence-corrected chi connectivity index (χ3v) is 9.23. The van der Waals surface area contributed by atoms with Gasteiger partial charge in [-0.05, 0) is 49.3 Å². The van der Waals surface area contributed by atoms with Gasteiger partial charge in [0.2, 0.25) is 11.8 Å². The molecule has 1 amide bonds. The van der Waals surface area contributed by atoms with Crippen molar-refractivity contribution < 1.29 is 18.7 Å². The highest BCUT2D eigenvalue weighted by Gasteiger charge is 2.55. The highest BCUT2D eigenvalue weighted by molar-refractivity contribution is 6.04. The van der Waals surface area contributed by atoms with Gasteiger partial charge >= 0.3 is 0 Å². The Bertz CT molecular complexity index is 1900.